The van der Waals surface area contributed by atoms with Crippen LogP contribution in [-0.2, 0) is 6.54 Å². The molecule has 2 aromatic carbocycles. The summed E-state index contributed by atoms with van der Waals surface area (Å²) in [6.45, 7) is 3.24. The van der Waals surface area contributed by atoms with Crippen molar-refractivity contribution in [3.05, 3.63) is 68.5 Å². The second-order valence-electron chi connectivity index (χ2n) is 8.12. The number of benzene rings is 2. The standard InChI is InChI=1S/C22H23Cl2N5O2.H2O/c23-15-8-9-17-20(13-15)27(21(30)25-17)12-4-11-26-10-3-5-16(14-26)28-18-6-1-2-7-19(18)29(24)22(28)31;/h1-2,6-9,13,16H,3-5,10-12,14H2,(H,25,30);1H2. The number of hydrogen-bond acceptors (Lipinski definition) is 3. The Bertz CT molecular complexity index is 1370. The number of likely N-dealkylation sites (tertiary alicyclic amines) is 1. The summed E-state index contributed by atoms with van der Waals surface area (Å²) < 4.78 is 4.79. The Hall–Kier alpha value is -2.52. The van der Waals surface area contributed by atoms with Gasteiger partial charge in [0, 0.05) is 29.9 Å². The molecule has 3 heterocycles. The zero-order valence-corrected chi connectivity index (χ0v) is 18.9. The molecule has 1 unspecified atom stereocenters. The summed E-state index contributed by atoms with van der Waals surface area (Å²) in [6, 6.07) is 13.1. The van der Waals surface area contributed by atoms with Gasteiger partial charge in [0.15, 0.2) is 0 Å². The quantitative estimate of drug-likeness (QED) is 0.477. The predicted octanol–water partition coefficient (Wildman–Crippen LogP) is 3.00. The Labute approximate surface area is 194 Å². The van der Waals surface area contributed by atoms with Crippen molar-refractivity contribution in [1.82, 2.24) is 23.1 Å². The predicted molar refractivity (Wildman–Crippen MR) is 128 cm³/mol. The van der Waals surface area contributed by atoms with Crippen LogP contribution in [-0.4, -0.2) is 48.2 Å². The number of hydrogen-bond donors (Lipinski definition) is 1. The molecule has 1 atom stereocenters. The second kappa shape index (κ2) is 9.15. The van der Waals surface area contributed by atoms with Crippen molar-refractivity contribution in [3.8, 4) is 0 Å². The van der Waals surface area contributed by atoms with Gasteiger partial charge in [0.25, 0.3) is 0 Å². The van der Waals surface area contributed by atoms with Crippen LogP contribution in [0, 0.1) is 0 Å². The largest absolute Gasteiger partial charge is 0.412 e. The molecule has 0 saturated carbocycles. The molecule has 0 spiro atoms. The maximum Gasteiger partial charge on any atom is 0.344 e. The number of fused-ring (bicyclic) bond motifs is 2. The molecule has 3 N–H and O–H groups in total. The van der Waals surface area contributed by atoms with Gasteiger partial charge in [0.05, 0.1) is 28.1 Å². The third kappa shape index (κ3) is 3.99. The van der Waals surface area contributed by atoms with Crippen LogP contribution < -0.4 is 11.4 Å². The molecule has 8 nitrogen and oxygen atoms in total. The van der Waals surface area contributed by atoms with Crippen LogP contribution in [0.5, 0.6) is 0 Å². The molecule has 2 aromatic heterocycles. The van der Waals surface area contributed by atoms with Crippen LogP contribution in [0.4, 0.5) is 0 Å². The fraction of sp³-hybridized carbons (Fsp3) is 0.364. The molecule has 0 radical (unpaired) electrons. The van der Waals surface area contributed by atoms with Gasteiger partial charge in [-0.05, 0) is 62.7 Å². The first-order valence-corrected chi connectivity index (χ1v) is 11.2. The van der Waals surface area contributed by atoms with Crippen molar-refractivity contribution in [2.24, 2.45) is 0 Å². The molecule has 5 rings (SSSR count). The van der Waals surface area contributed by atoms with Crippen LogP contribution in [0.15, 0.2) is 52.1 Å². The molecular weight excluding hydrogens is 453 g/mol. The van der Waals surface area contributed by atoms with E-state index in [2.05, 4.69) is 9.88 Å². The van der Waals surface area contributed by atoms with Gasteiger partial charge in [-0.1, -0.05) is 23.7 Å². The molecule has 0 aliphatic carbocycles. The van der Waals surface area contributed by atoms with Gasteiger partial charge in [-0.25, -0.2) is 13.7 Å². The number of aromatic nitrogens is 4. The van der Waals surface area contributed by atoms with Gasteiger partial charge in [0.2, 0.25) is 0 Å². The SMILES string of the molecule is O.O=c1[nH]c2ccc(Cl)cc2n1CCCN1CCCC(n2c(=O)n(Cl)c3ccccc32)C1. The Kier molecular flexibility index (Phi) is 6.48. The number of nitrogens with one attached hydrogen (secondary N) is 1. The maximum absolute atomic E-state index is 12.8. The lowest BCUT2D eigenvalue weighted by molar-refractivity contribution is 0.173. The topological polar surface area (TPSA) is 99.5 Å². The van der Waals surface area contributed by atoms with Crippen molar-refractivity contribution in [3.63, 3.8) is 0 Å². The monoisotopic (exact) mass is 477 g/mol. The van der Waals surface area contributed by atoms with Crippen molar-refractivity contribution < 1.29 is 5.48 Å². The number of para-hydroxylation sites is 2. The van der Waals surface area contributed by atoms with Crippen molar-refractivity contribution in [1.29, 1.82) is 0 Å². The van der Waals surface area contributed by atoms with Crippen LogP contribution in [0.1, 0.15) is 25.3 Å². The van der Waals surface area contributed by atoms with Crippen LogP contribution in [0.3, 0.4) is 0 Å². The van der Waals surface area contributed by atoms with E-state index in [1.165, 1.54) is 4.09 Å². The summed E-state index contributed by atoms with van der Waals surface area (Å²) in [7, 11) is 0. The molecule has 10 heteroatoms. The summed E-state index contributed by atoms with van der Waals surface area (Å²) >= 11 is 12.4. The zero-order valence-electron chi connectivity index (χ0n) is 17.4. The second-order valence-corrected chi connectivity index (χ2v) is 8.89. The maximum atomic E-state index is 12.8. The molecule has 170 valence electrons. The van der Waals surface area contributed by atoms with Crippen molar-refractivity contribution in [2.75, 3.05) is 19.6 Å². The highest BCUT2D eigenvalue weighted by Crippen LogP contribution is 2.25. The number of nitrogens with zero attached hydrogens (tertiary/aromatic N) is 4. The summed E-state index contributed by atoms with van der Waals surface area (Å²) in [4.78, 5) is 30.4. The normalized spacial score (nSPS) is 17.1. The van der Waals surface area contributed by atoms with E-state index in [0.29, 0.717) is 11.6 Å². The molecular formula is C22H25Cl2N5O3. The molecule has 1 aliphatic heterocycles. The minimum atomic E-state index is -0.183. The Morgan fingerprint density at radius 1 is 1.03 bits per heavy atom. The number of rotatable bonds is 5. The van der Waals surface area contributed by atoms with Gasteiger partial charge in [-0.3, -0.25) is 9.13 Å². The van der Waals surface area contributed by atoms with E-state index < -0.39 is 0 Å². The van der Waals surface area contributed by atoms with E-state index in [1.54, 1.807) is 10.6 Å². The van der Waals surface area contributed by atoms with Crippen molar-refractivity contribution >= 4 is 45.4 Å². The highest BCUT2D eigenvalue weighted by atomic mass is 35.5. The fourth-order valence-electron chi connectivity index (χ4n) is 4.73. The highest BCUT2D eigenvalue weighted by Gasteiger charge is 2.25. The average molecular weight is 478 g/mol. The lowest BCUT2D eigenvalue weighted by atomic mass is 10.0. The van der Waals surface area contributed by atoms with E-state index in [4.69, 9.17) is 23.4 Å². The first kappa shape index (κ1) is 22.7. The molecule has 1 fully saturated rings. The van der Waals surface area contributed by atoms with E-state index in [1.807, 2.05) is 41.0 Å². The lowest BCUT2D eigenvalue weighted by Crippen LogP contribution is -2.40. The summed E-state index contributed by atoms with van der Waals surface area (Å²) in [5, 5.41) is 0.614. The number of piperidine rings is 1. The smallest absolute Gasteiger partial charge is 0.344 e. The number of halogens is 2. The van der Waals surface area contributed by atoms with Crippen molar-refractivity contribution in [2.45, 2.75) is 31.8 Å². The van der Waals surface area contributed by atoms with Gasteiger partial charge >= 0.3 is 11.4 Å². The highest BCUT2D eigenvalue weighted by molar-refractivity contribution is 6.31. The number of aryl methyl sites for hydroxylation is 1. The Morgan fingerprint density at radius 2 is 1.81 bits per heavy atom. The van der Waals surface area contributed by atoms with E-state index >= 15 is 0 Å². The van der Waals surface area contributed by atoms with E-state index in [-0.39, 0.29) is 22.9 Å². The van der Waals surface area contributed by atoms with Gasteiger partial charge in [-0.2, -0.15) is 0 Å². The zero-order chi connectivity index (χ0) is 21.5. The summed E-state index contributed by atoms with van der Waals surface area (Å²) in [6.07, 6.45) is 2.79. The Morgan fingerprint density at radius 3 is 2.62 bits per heavy atom. The molecule has 1 aliphatic rings. The first-order chi connectivity index (χ1) is 15.0. The third-order valence-electron chi connectivity index (χ3n) is 6.17. The fourth-order valence-corrected chi connectivity index (χ4v) is 5.12. The average Bonchev–Trinajstić information content (AvgIpc) is 3.21. The molecule has 32 heavy (non-hydrogen) atoms. The number of aromatic amines is 1. The summed E-state index contributed by atoms with van der Waals surface area (Å²) in [5.74, 6) is 0. The molecule has 1 saturated heterocycles. The van der Waals surface area contributed by atoms with Crippen LogP contribution in [0.25, 0.3) is 22.1 Å². The minimum Gasteiger partial charge on any atom is -0.412 e. The molecule has 0 bridgehead atoms. The van der Waals surface area contributed by atoms with Gasteiger partial charge in [-0.15, -0.1) is 0 Å². The number of H-pyrrole nitrogens is 1. The summed E-state index contributed by atoms with van der Waals surface area (Å²) in [5.41, 5.74) is 2.94. The third-order valence-corrected chi connectivity index (χ3v) is 6.73. The van der Waals surface area contributed by atoms with Crippen LogP contribution in [0.2, 0.25) is 5.02 Å². The van der Waals surface area contributed by atoms with Crippen LogP contribution >= 0.6 is 23.4 Å². The Balaban J connectivity index is 0.00000245. The molecule has 0 amide bonds. The van der Waals surface area contributed by atoms with Gasteiger partial charge < -0.3 is 15.4 Å². The number of imidazole rings is 2. The molecule has 4 aromatic rings. The van der Waals surface area contributed by atoms with E-state index in [0.717, 1.165) is 61.0 Å². The lowest BCUT2D eigenvalue weighted by Gasteiger charge is -2.33. The first-order valence-electron chi connectivity index (χ1n) is 10.5. The minimum absolute atomic E-state index is 0. The van der Waals surface area contributed by atoms with Gasteiger partial charge in [0.1, 0.15) is 0 Å². The van der Waals surface area contributed by atoms with E-state index in [9.17, 15) is 9.59 Å².